The van der Waals surface area contributed by atoms with Gasteiger partial charge in [-0.2, -0.15) is 0 Å². The number of carbonyl (C=O) groups excluding carboxylic acids is 3. The van der Waals surface area contributed by atoms with Crippen LogP contribution < -0.4 is 0 Å². The minimum absolute atomic E-state index is 0.162. The third-order valence-electron chi connectivity index (χ3n) is 13.2. The average Bonchev–Trinajstić information content (AvgIpc) is 3.39. The van der Waals surface area contributed by atoms with E-state index < -0.39 is 57.8 Å². The van der Waals surface area contributed by atoms with E-state index in [2.05, 4.69) is 69.4 Å². The second-order valence-electron chi connectivity index (χ2n) is 20.5. The van der Waals surface area contributed by atoms with Gasteiger partial charge in [0.25, 0.3) is 0 Å². The van der Waals surface area contributed by atoms with Gasteiger partial charge in [-0.1, -0.05) is 223 Å². The van der Waals surface area contributed by atoms with Crippen LogP contribution in [-0.4, -0.2) is 66.5 Å². The monoisotopic (exact) mass is 1060 g/mol. The molecule has 2 N–H and O–H groups in total. The van der Waals surface area contributed by atoms with Gasteiger partial charge in [-0.3, -0.25) is 23.4 Å². The van der Waals surface area contributed by atoms with Gasteiger partial charge < -0.3 is 24.2 Å². The maximum atomic E-state index is 12.9. The van der Waals surface area contributed by atoms with Crippen molar-refractivity contribution < 1.29 is 52.2 Å². The minimum Gasteiger partial charge on any atom is -0.462 e. The molecule has 0 saturated carbocycles. The molecule has 0 aliphatic heterocycles. The largest absolute Gasteiger partial charge is 0.472 e. The number of ether oxygens (including phenoxy) is 3. The van der Waals surface area contributed by atoms with Crippen LogP contribution in [0.3, 0.4) is 0 Å². The van der Waals surface area contributed by atoms with E-state index in [1.165, 1.54) is 135 Å². The van der Waals surface area contributed by atoms with E-state index in [1.807, 2.05) is 0 Å². The fourth-order valence-electron chi connectivity index (χ4n) is 8.48. The number of allylic oxidation sites excluding steroid dienone is 8. The predicted octanol–water partition coefficient (Wildman–Crippen LogP) is 18.1. The number of phosphoric acid groups is 1. The molecule has 3 unspecified atom stereocenters. The molecule has 0 radical (unpaired) electrons. The molecule has 0 aliphatic carbocycles. The molecule has 12 heteroatoms. The standard InChI is InChI=1S/C62H113O11P/c1-4-7-10-13-16-19-22-24-26-28-29-31-33-35-38-41-44-47-50-53-62(66)73-59(55-69-60(64)51-48-45-42-39-36-21-18-15-12-9-6-3)57-71-74(67,68)70-56-58(54-63)72-61(65)52-49-46-43-40-37-34-32-30-27-25-23-20-17-14-11-8-5-2/h15-16,18-19,24-27,58-59,63H,4-14,17,20-23,28-57H2,1-3H3,(H,67,68)/b18-15-,19-16-,26-24-,27-25-. The van der Waals surface area contributed by atoms with E-state index >= 15 is 0 Å². The van der Waals surface area contributed by atoms with Crippen molar-refractivity contribution in [2.75, 3.05) is 26.4 Å². The topological polar surface area (TPSA) is 155 Å². The van der Waals surface area contributed by atoms with Crippen molar-refractivity contribution >= 4 is 25.7 Å². The zero-order chi connectivity index (χ0) is 54.1. The van der Waals surface area contributed by atoms with Crippen molar-refractivity contribution in [3.63, 3.8) is 0 Å². The molecule has 0 spiro atoms. The molecule has 0 aromatic rings. The molecule has 432 valence electrons. The molecule has 0 fully saturated rings. The normalized spacial score (nSPS) is 13.6. The highest BCUT2D eigenvalue weighted by molar-refractivity contribution is 7.47. The Kier molecular flexibility index (Phi) is 54.7. The Morgan fingerprint density at radius 3 is 1.08 bits per heavy atom. The minimum atomic E-state index is -4.75. The lowest BCUT2D eigenvalue weighted by atomic mass is 10.1. The second kappa shape index (κ2) is 56.6. The molecule has 0 aliphatic rings. The molecule has 11 nitrogen and oxygen atoms in total. The van der Waals surface area contributed by atoms with Crippen LogP contribution in [0.1, 0.15) is 290 Å². The van der Waals surface area contributed by atoms with Crippen LogP contribution in [0.4, 0.5) is 0 Å². The van der Waals surface area contributed by atoms with Crippen LogP contribution in [0.25, 0.3) is 0 Å². The molecule has 0 rings (SSSR count). The van der Waals surface area contributed by atoms with E-state index in [0.717, 1.165) is 96.3 Å². The number of unbranched alkanes of at least 4 members (excludes halogenated alkanes) is 32. The number of aliphatic hydroxyl groups is 1. The van der Waals surface area contributed by atoms with Gasteiger partial charge in [-0.25, -0.2) is 4.57 Å². The zero-order valence-electron chi connectivity index (χ0n) is 47.8. The Balaban J connectivity index is 4.64. The number of esters is 3. The summed E-state index contributed by atoms with van der Waals surface area (Å²) in [5, 5.41) is 9.83. The van der Waals surface area contributed by atoms with Crippen molar-refractivity contribution in [3.8, 4) is 0 Å². The SMILES string of the molecule is CCCC/C=C\CCCCCCCC(=O)OCC(COP(=O)(O)OCC(CO)OC(=O)CCCCCCCCC/C=C\CCCCCCCC)OC(=O)CCCCCCCCCCC/C=C\C/C=C\CCCCC. The van der Waals surface area contributed by atoms with Crippen LogP contribution in [0, 0.1) is 0 Å². The molecule has 3 atom stereocenters. The number of carbonyl (C=O) groups is 3. The average molecular weight is 1070 g/mol. The van der Waals surface area contributed by atoms with E-state index in [9.17, 15) is 28.9 Å². The van der Waals surface area contributed by atoms with Gasteiger partial charge in [0, 0.05) is 19.3 Å². The molecule has 0 bridgehead atoms. The van der Waals surface area contributed by atoms with Crippen molar-refractivity contribution in [1.29, 1.82) is 0 Å². The van der Waals surface area contributed by atoms with Crippen molar-refractivity contribution in [3.05, 3.63) is 48.6 Å². The summed E-state index contributed by atoms with van der Waals surface area (Å²) in [4.78, 5) is 48.6. The first-order chi connectivity index (χ1) is 36.2. The summed E-state index contributed by atoms with van der Waals surface area (Å²) in [6.07, 6.45) is 60.6. The molecule has 0 aromatic carbocycles. The van der Waals surface area contributed by atoms with Crippen molar-refractivity contribution in [2.24, 2.45) is 0 Å². The zero-order valence-corrected chi connectivity index (χ0v) is 48.7. The van der Waals surface area contributed by atoms with Gasteiger partial charge in [0.15, 0.2) is 6.10 Å². The molecule has 0 aromatic heterocycles. The summed E-state index contributed by atoms with van der Waals surface area (Å²) in [5.74, 6) is -1.47. The van der Waals surface area contributed by atoms with Crippen LogP contribution >= 0.6 is 7.82 Å². The van der Waals surface area contributed by atoms with Gasteiger partial charge in [-0.15, -0.1) is 0 Å². The molecular formula is C62H113O11P. The number of rotatable bonds is 57. The Morgan fingerprint density at radius 1 is 0.378 bits per heavy atom. The third kappa shape index (κ3) is 54.2. The highest BCUT2D eigenvalue weighted by atomic mass is 31.2. The second-order valence-corrected chi connectivity index (χ2v) is 22.0. The van der Waals surface area contributed by atoms with Crippen LogP contribution in [0.2, 0.25) is 0 Å². The molecule has 0 amide bonds. The van der Waals surface area contributed by atoms with E-state index in [1.54, 1.807) is 0 Å². The van der Waals surface area contributed by atoms with Gasteiger partial charge >= 0.3 is 25.7 Å². The van der Waals surface area contributed by atoms with E-state index in [-0.39, 0.29) is 25.9 Å². The first kappa shape index (κ1) is 71.4. The number of aliphatic hydroxyl groups excluding tert-OH is 1. The first-order valence-electron chi connectivity index (χ1n) is 30.5. The molecule has 0 heterocycles. The highest BCUT2D eigenvalue weighted by Gasteiger charge is 2.28. The lowest BCUT2D eigenvalue weighted by Crippen LogP contribution is -2.30. The van der Waals surface area contributed by atoms with Crippen molar-refractivity contribution in [2.45, 2.75) is 303 Å². The van der Waals surface area contributed by atoms with Gasteiger partial charge in [0.1, 0.15) is 12.7 Å². The van der Waals surface area contributed by atoms with Gasteiger partial charge in [0.05, 0.1) is 19.8 Å². The van der Waals surface area contributed by atoms with Crippen molar-refractivity contribution in [1.82, 2.24) is 0 Å². The third-order valence-corrected chi connectivity index (χ3v) is 14.1. The summed E-state index contributed by atoms with van der Waals surface area (Å²) < 4.78 is 39.6. The highest BCUT2D eigenvalue weighted by Crippen LogP contribution is 2.43. The first-order valence-corrected chi connectivity index (χ1v) is 32.0. The summed E-state index contributed by atoms with van der Waals surface area (Å²) in [7, 11) is -4.75. The fraction of sp³-hybridized carbons (Fsp3) is 0.823. The molecule has 74 heavy (non-hydrogen) atoms. The predicted molar refractivity (Wildman–Crippen MR) is 307 cm³/mol. The summed E-state index contributed by atoms with van der Waals surface area (Å²) in [6, 6.07) is 0. The maximum absolute atomic E-state index is 12.9. The summed E-state index contributed by atoms with van der Waals surface area (Å²) >= 11 is 0. The maximum Gasteiger partial charge on any atom is 0.472 e. The quantitative estimate of drug-likeness (QED) is 0.0197. The Bertz CT molecular complexity index is 1430. The fourth-order valence-corrected chi connectivity index (χ4v) is 9.26. The number of hydrogen-bond acceptors (Lipinski definition) is 10. The number of hydrogen-bond donors (Lipinski definition) is 2. The van der Waals surface area contributed by atoms with Gasteiger partial charge in [-0.05, 0) is 96.3 Å². The summed E-state index contributed by atoms with van der Waals surface area (Å²) in [5.41, 5.74) is 0. The Labute approximate surface area is 453 Å². The van der Waals surface area contributed by atoms with E-state index in [4.69, 9.17) is 23.3 Å². The Hall–Kier alpha value is -2.56. The molecule has 0 saturated heterocycles. The van der Waals surface area contributed by atoms with E-state index in [0.29, 0.717) is 19.3 Å². The van der Waals surface area contributed by atoms with Crippen LogP contribution in [0.15, 0.2) is 48.6 Å². The summed E-state index contributed by atoms with van der Waals surface area (Å²) in [6.45, 7) is 4.60. The Morgan fingerprint density at radius 2 is 0.676 bits per heavy atom. The lowest BCUT2D eigenvalue weighted by molar-refractivity contribution is -0.161. The number of phosphoric ester groups is 1. The van der Waals surface area contributed by atoms with Gasteiger partial charge in [0.2, 0.25) is 0 Å². The lowest BCUT2D eigenvalue weighted by Gasteiger charge is -2.21. The molecular weight excluding hydrogens is 952 g/mol. The van der Waals surface area contributed by atoms with Crippen LogP contribution in [-0.2, 0) is 42.2 Å². The van der Waals surface area contributed by atoms with Crippen LogP contribution in [0.5, 0.6) is 0 Å². The smallest absolute Gasteiger partial charge is 0.462 e.